The normalized spacial score (nSPS) is 14.7. The highest BCUT2D eigenvalue weighted by atomic mass is 16.6. The van der Waals surface area contributed by atoms with E-state index in [0.29, 0.717) is 12.6 Å². The zero-order valence-electron chi connectivity index (χ0n) is 9.80. The van der Waals surface area contributed by atoms with E-state index in [0.717, 1.165) is 24.1 Å². The lowest BCUT2D eigenvalue weighted by atomic mass is 10.1. The van der Waals surface area contributed by atoms with Crippen molar-refractivity contribution in [2.75, 3.05) is 18.1 Å². The minimum Gasteiger partial charge on any atom is -0.395 e. The molecule has 0 spiro atoms. The molecule has 0 radical (unpaired) electrons. The molecule has 0 unspecified atom stereocenters. The van der Waals surface area contributed by atoms with Gasteiger partial charge in [0, 0.05) is 30.4 Å². The topological polar surface area (TPSA) is 66.6 Å². The number of benzene rings is 1. The molecule has 1 aliphatic carbocycles. The third-order valence-corrected chi connectivity index (χ3v) is 3.04. The molecular formula is C12H16N2O3. The predicted molar refractivity (Wildman–Crippen MR) is 65.3 cm³/mol. The van der Waals surface area contributed by atoms with Crippen LogP contribution in [0, 0.1) is 17.0 Å². The maximum atomic E-state index is 10.8. The van der Waals surface area contributed by atoms with Crippen molar-refractivity contribution in [2.45, 2.75) is 25.8 Å². The quantitative estimate of drug-likeness (QED) is 0.626. The van der Waals surface area contributed by atoms with E-state index < -0.39 is 0 Å². The van der Waals surface area contributed by atoms with E-state index in [4.69, 9.17) is 5.11 Å². The largest absolute Gasteiger partial charge is 0.395 e. The van der Waals surface area contributed by atoms with Crippen molar-refractivity contribution in [3.8, 4) is 0 Å². The van der Waals surface area contributed by atoms with Crippen LogP contribution >= 0.6 is 0 Å². The van der Waals surface area contributed by atoms with Crippen molar-refractivity contribution in [3.63, 3.8) is 0 Å². The second-order valence-electron chi connectivity index (χ2n) is 4.38. The molecule has 1 aliphatic rings. The number of aliphatic hydroxyl groups excluding tert-OH is 1. The first-order valence-electron chi connectivity index (χ1n) is 5.76. The number of aryl methyl sites for hydroxylation is 1. The number of anilines is 1. The number of hydrogen-bond acceptors (Lipinski definition) is 4. The maximum Gasteiger partial charge on any atom is 0.271 e. The van der Waals surface area contributed by atoms with Gasteiger partial charge in [0.05, 0.1) is 11.5 Å². The Morgan fingerprint density at radius 1 is 1.53 bits per heavy atom. The average molecular weight is 236 g/mol. The summed E-state index contributed by atoms with van der Waals surface area (Å²) in [7, 11) is 0. The molecule has 0 atom stereocenters. The number of nitrogens with zero attached hydrogens (tertiary/aromatic N) is 2. The van der Waals surface area contributed by atoms with Gasteiger partial charge in [0.25, 0.3) is 5.69 Å². The van der Waals surface area contributed by atoms with Crippen molar-refractivity contribution in [1.29, 1.82) is 0 Å². The lowest BCUT2D eigenvalue weighted by molar-refractivity contribution is -0.384. The molecule has 17 heavy (non-hydrogen) atoms. The van der Waals surface area contributed by atoms with Gasteiger partial charge in [-0.1, -0.05) is 6.07 Å². The SMILES string of the molecule is Cc1ccc([N+](=O)[O-])cc1N(CCO)C1CC1. The molecular weight excluding hydrogens is 220 g/mol. The molecule has 0 bridgehead atoms. The van der Waals surface area contributed by atoms with Crippen LogP contribution < -0.4 is 4.90 Å². The molecule has 1 N–H and O–H groups in total. The fraction of sp³-hybridized carbons (Fsp3) is 0.500. The van der Waals surface area contributed by atoms with Crippen molar-refractivity contribution >= 4 is 11.4 Å². The first-order chi connectivity index (χ1) is 8.13. The van der Waals surface area contributed by atoms with Crippen LogP contribution in [0.3, 0.4) is 0 Å². The molecule has 0 heterocycles. The highest BCUT2D eigenvalue weighted by Crippen LogP contribution is 2.34. The summed E-state index contributed by atoms with van der Waals surface area (Å²) < 4.78 is 0. The van der Waals surface area contributed by atoms with Gasteiger partial charge < -0.3 is 10.0 Å². The summed E-state index contributed by atoms with van der Waals surface area (Å²) >= 11 is 0. The fourth-order valence-electron chi connectivity index (χ4n) is 2.01. The third-order valence-electron chi connectivity index (χ3n) is 3.04. The monoisotopic (exact) mass is 236 g/mol. The molecule has 1 aromatic rings. The van der Waals surface area contributed by atoms with E-state index in [1.165, 1.54) is 6.07 Å². The Hall–Kier alpha value is -1.62. The first kappa shape index (κ1) is 11.9. The summed E-state index contributed by atoms with van der Waals surface area (Å²) in [6, 6.07) is 5.31. The van der Waals surface area contributed by atoms with Crippen molar-refractivity contribution in [1.82, 2.24) is 0 Å². The van der Waals surface area contributed by atoms with Gasteiger partial charge in [-0.2, -0.15) is 0 Å². The molecule has 1 fully saturated rings. The highest BCUT2D eigenvalue weighted by molar-refractivity contribution is 5.60. The number of non-ortho nitro benzene ring substituents is 1. The van der Waals surface area contributed by atoms with Crippen LogP contribution in [0.15, 0.2) is 18.2 Å². The van der Waals surface area contributed by atoms with Crippen molar-refractivity contribution in [2.24, 2.45) is 0 Å². The molecule has 1 aromatic carbocycles. The smallest absolute Gasteiger partial charge is 0.271 e. The first-order valence-corrected chi connectivity index (χ1v) is 5.76. The van der Waals surface area contributed by atoms with Gasteiger partial charge in [0.1, 0.15) is 0 Å². The molecule has 2 rings (SSSR count). The number of nitro benzene ring substituents is 1. The summed E-state index contributed by atoms with van der Waals surface area (Å²) in [6.45, 7) is 2.54. The van der Waals surface area contributed by atoms with E-state index in [9.17, 15) is 10.1 Å². The number of nitro groups is 1. The zero-order chi connectivity index (χ0) is 12.4. The summed E-state index contributed by atoms with van der Waals surface area (Å²) in [5.41, 5.74) is 1.99. The number of rotatable bonds is 5. The van der Waals surface area contributed by atoms with Crippen LogP contribution in [0.2, 0.25) is 0 Å². The van der Waals surface area contributed by atoms with Crippen LogP contribution in [0.4, 0.5) is 11.4 Å². The highest BCUT2D eigenvalue weighted by Gasteiger charge is 2.30. The third kappa shape index (κ3) is 2.55. The van der Waals surface area contributed by atoms with Gasteiger partial charge in [-0.05, 0) is 25.3 Å². The molecule has 0 amide bonds. The Balaban J connectivity index is 2.33. The Morgan fingerprint density at radius 2 is 2.24 bits per heavy atom. The Morgan fingerprint density at radius 3 is 2.76 bits per heavy atom. The van der Waals surface area contributed by atoms with E-state index in [-0.39, 0.29) is 17.2 Å². The Kier molecular flexibility index (Phi) is 3.28. The molecule has 92 valence electrons. The summed E-state index contributed by atoms with van der Waals surface area (Å²) in [5.74, 6) is 0. The fourth-order valence-corrected chi connectivity index (χ4v) is 2.01. The van der Waals surface area contributed by atoms with Crippen LogP contribution in [0.25, 0.3) is 0 Å². The Labute approximate surface area is 99.8 Å². The molecule has 5 nitrogen and oxygen atoms in total. The molecule has 0 aromatic heterocycles. The molecule has 1 saturated carbocycles. The van der Waals surface area contributed by atoms with Crippen LogP contribution in [-0.2, 0) is 0 Å². The molecule has 0 aliphatic heterocycles. The van der Waals surface area contributed by atoms with Gasteiger partial charge in [0.15, 0.2) is 0 Å². The van der Waals surface area contributed by atoms with E-state index in [1.54, 1.807) is 12.1 Å². The maximum absolute atomic E-state index is 10.8. The standard InChI is InChI=1S/C12H16N2O3/c1-9-2-3-11(14(16)17)8-12(9)13(6-7-15)10-4-5-10/h2-3,8,10,15H,4-7H2,1H3. The minimum atomic E-state index is -0.382. The van der Waals surface area contributed by atoms with Gasteiger partial charge in [-0.25, -0.2) is 0 Å². The van der Waals surface area contributed by atoms with E-state index >= 15 is 0 Å². The van der Waals surface area contributed by atoms with Gasteiger partial charge in [-0.15, -0.1) is 0 Å². The second-order valence-corrected chi connectivity index (χ2v) is 4.38. The Bertz CT molecular complexity index is 430. The predicted octanol–water partition coefficient (Wildman–Crippen LogP) is 1.86. The minimum absolute atomic E-state index is 0.0681. The van der Waals surface area contributed by atoms with Crippen molar-refractivity contribution in [3.05, 3.63) is 33.9 Å². The van der Waals surface area contributed by atoms with Gasteiger partial charge >= 0.3 is 0 Å². The summed E-state index contributed by atoms with van der Waals surface area (Å²) in [5, 5.41) is 19.8. The average Bonchev–Trinajstić information content (AvgIpc) is 3.10. The van der Waals surface area contributed by atoms with Gasteiger partial charge in [0.2, 0.25) is 0 Å². The summed E-state index contributed by atoms with van der Waals surface area (Å²) in [6.07, 6.45) is 2.20. The van der Waals surface area contributed by atoms with Crippen LogP contribution in [0.5, 0.6) is 0 Å². The van der Waals surface area contributed by atoms with Crippen molar-refractivity contribution < 1.29 is 10.0 Å². The lowest BCUT2D eigenvalue weighted by Gasteiger charge is -2.25. The zero-order valence-corrected chi connectivity index (χ0v) is 9.80. The van der Waals surface area contributed by atoms with E-state index in [2.05, 4.69) is 4.90 Å². The van der Waals surface area contributed by atoms with Gasteiger partial charge in [-0.3, -0.25) is 10.1 Å². The molecule has 5 heteroatoms. The van der Waals surface area contributed by atoms with Crippen LogP contribution in [0.1, 0.15) is 18.4 Å². The molecule has 0 saturated heterocycles. The van der Waals surface area contributed by atoms with Crippen LogP contribution in [-0.4, -0.2) is 29.2 Å². The lowest BCUT2D eigenvalue weighted by Crippen LogP contribution is -2.29. The second kappa shape index (κ2) is 4.71. The number of aliphatic hydroxyl groups is 1. The number of hydrogen-bond donors (Lipinski definition) is 1. The summed E-state index contributed by atoms with van der Waals surface area (Å²) in [4.78, 5) is 12.5. The van der Waals surface area contributed by atoms with E-state index in [1.807, 2.05) is 6.92 Å².